The monoisotopic (exact) mass is 454 g/mol. The van der Waals surface area contributed by atoms with Crippen molar-refractivity contribution in [2.75, 3.05) is 0 Å². The standard InChI is InChI=1S/C7H8O2.3C6H6O2/c1-5-4-6(8)2-3-7(5)9;3*7-5-1-2-6(8)4-3-5/h2-4,8-9H,1H3;3*1-4,7-8H. The highest BCUT2D eigenvalue weighted by Gasteiger charge is 1.93. The van der Waals surface area contributed by atoms with Gasteiger partial charge in [0.05, 0.1) is 0 Å². The summed E-state index contributed by atoms with van der Waals surface area (Å²) >= 11 is 0. The first kappa shape index (κ1) is 26.3. The zero-order valence-corrected chi connectivity index (χ0v) is 17.7. The summed E-state index contributed by atoms with van der Waals surface area (Å²) in [5.74, 6) is 1.42. The molecule has 4 aromatic rings. The first-order chi connectivity index (χ1) is 15.6. The Hall–Kier alpha value is -4.72. The minimum absolute atomic E-state index is 0.169. The number of benzene rings is 4. The van der Waals surface area contributed by atoms with Crippen molar-refractivity contribution in [3.63, 3.8) is 0 Å². The van der Waals surface area contributed by atoms with Crippen LogP contribution in [0.4, 0.5) is 0 Å². The molecular formula is C25H26O8. The summed E-state index contributed by atoms with van der Waals surface area (Å²) in [5, 5.41) is 69.6. The molecule has 0 saturated heterocycles. The molecule has 0 radical (unpaired) electrons. The van der Waals surface area contributed by atoms with Crippen LogP contribution in [0.2, 0.25) is 0 Å². The summed E-state index contributed by atoms with van der Waals surface area (Å²) in [6.07, 6.45) is 0. The number of aromatic hydroxyl groups is 8. The zero-order valence-electron chi connectivity index (χ0n) is 17.7. The van der Waals surface area contributed by atoms with Crippen LogP contribution in [0, 0.1) is 6.92 Å². The van der Waals surface area contributed by atoms with E-state index >= 15 is 0 Å². The van der Waals surface area contributed by atoms with Crippen molar-refractivity contribution in [3.8, 4) is 46.0 Å². The molecule has 0 aliphatic rings. The van der Waals surface area contributed by atoms with Crippen LogP contribution in [-0.2, 0) is 0 Å². The maximum absolute atomic E-state index is 8.93. The van der Waals surface area contributed by atoms with E-state index in [4.69, 9.17) is 40.9 Å². The van der Waals surface area contributed by atoms with Crippen LogP contribution >= 0.6 is 0 Å². The number of aryl methyl sites for hydroxylation is 1. The Morgan fingerprint density at radius 1 is 0.333 bits per heavy atom. The molecule has 33 heavy (non-hydrogen) atoms. The van der Waals surface area contributed by atoms with Gasteiger partial charge in [-0.15, -0.1) is 0 Å². The minimum atomic E-state index is 0.169. The molecule has 0 bridgehead atoms. The second kappa shape index (κ2) is 13.6. The second-order valence-corrected chi connectivity index (χ2v) is 6.52. The predicted molar refractivity (Wildman–Crippen MR) is 124 cm³/mol. The number of hydrogen-bond donors (Lipinski definition) is 8. The van der Waals surface area contributed by atoms with E-state index in [-0.39, 0.29) is 46.0 Å². The fourth-order valence-corrected chi connectivity index (χ4v) is 2.00. The van der Waals surface area contributed by atoms with E-state index in [1.165, 1.54) is 91.0 Å². The summed E-state index contributed by atoms with van der Waals surface area (Å²) in [4.78, 5) is 0. The summed E-state index contributed by atoms with van der Waals surface area (Å²) in [6, 6.07) is 21.5. The third-order valence-electron chi connectivity index (χ3n) is 3.73. The molecule has 0 saturated carbocycles. The van der Waals surface area contributed by atoms with E-state index in [1.54, 1.807) is 6.92 Å². The molecule has 0 heterocycles. The second-order valence-electron chi connectivity index (χ2n) is 6.52. The van der Waals surface area contributed by atoms with Crippen LogP contribution in [0.25, 0.3) is 0 Å². The molecule has 174 valence electrons. The van der Waals surface area contributed by atoms with E-state index in [0.29, 0.717) is 5.56 Å². The van der Waals surface area contributed by atoms with Crippen LogP contribution in [0.1, 0.15) is 5.56 Å². The molecule has 0 aromatic heterocycles. The van der Waals surface area contributed by atoms with E-state index in [1.807, 2.05) is 0 Å². The van der Waals surface area contributed by atoms with Crippen molar-refractivity contribution in [1.82, 2.24) is 0 Å². The molecule has 0 fully saturated rings. The number of phenolic OH excluding ortho intramolecular Hbond substituents is 8. The molecular weight excluding hydrogens is 428 g/mol. The highest BCUT2D eigenvalue weighted by Crippen LogP contribution is 2.20. The van der Waals surface area contributed by atoms with Crippen molar-refractivity contribution in [3.05, 3.63) is 96.6 Å². The Bertz CT molecular complexity index is 910. The first-order valence-electron chi connectivity index (χ1n) is 9.49. The molecule has 0 amide bonds. The topological polar surface area (TPSA) is 162 Å². The Morgan fingerprint density at radius 3 is 0.727 bits per heavy atom. The van der Waals surface area contributed by atoms with Gasteiger partial charge in [0.1, 0.15) is 46.0 Å². The third kappa shape index (κ3) is 11.9. The van der Waals surface area contributed by atoms with Gasteiger partial charge in [0.2, 0.25) is 0 Å². The number of hydrogen-bond acceptors (Lipinski definition) is 8. The third-order valence-corrected chi connectivity index (χ3v) is 3.73. The first-order valence-corrected chi connectivity index (χ1v) is 9.49. The van der Waals surface area contributed by atoms with E-state index in [2.05, 4.69) is 0 Å². The van der Waals surface area contributed by atoms with Gasteiger partial charge in [-0.2, -0.15) is 0 Å². The van der Waals surface area contributed by atoms with E-state index in [0.717, 1.165) is 0 Å². The Balaban J connectivity index is 0.000000220. The fraction of sp³-hybridized carbons (Fsp3) is 0.0400. The van der Waals surface area contributed by atoms with Crippen molar-refractivity contribution in [2.24, 2.45) is 0 Å². The zero-order chi connectivity index (χ0) is 24.8. The van der Waals surface area contributed by atoms with E-state index in [9.17, 15) is 0 Å². The molecule has 4 rings (SSSR count). The van der Waals surface area contributed by atoms with Gasteiger partial charge >= 0.3 is 0 Å². The molecule has 8 N–H and O–H groups in total. The van der Waals surface area contributed by atoms with Crippen LogP contribution in [0.15, 0.2) is 91.0 Å². The lowest BCUT2D eigenvalue weighted by Gasteiger charge is -1.96. The van der Waals surface area contributed by atoms with Crippen molar-refractivity contribution >= 4 is 0 Å². The van der Waals surface area contributed by atoms with Gasteiger partial charge in [-0.25, -0.2) is 0 Å². The van der Waals surface area contributed by atoms with Gasteiger partial charge in [-0.1, -0.05) is 0 Å². The average molecular weight is 454 g/mol. The smallest absolute Gasteiger partial charge is 0.118 e. The van der Waals surface area contributed by atoms with E-state index < -0.39 is 0 Å². The summed E-state index contributed by atoms with van der Waals surface area (Å²) in [6.45, 7) is 1.73. The van der Waals surface area contributed by atoms with Gasteiger partial charge in [-0.05, 0) is 103 Å². The van der Waals surface area contributed by atoms with Crippen molar-refractivity contribution < 1.29 is 40.9 Å². The van der Waals surface area contributed by atoms with Gasteiger partial charge < -0.3 is 40.9 Å². The molecule has 8 heteroatoms. The molecule has 8 nitrogen and oxygen atoms in total. The lowest BCUT2D eigenvalue weighted by Crippen LogP contribution is -1.71. The Morgan fingerprint density at radius 2 is 0.545 bits per heavy atom. The molecule has 0 aliphatic heterocycles. The quantitative estimate of drug-likeness (QED) is 0.177. The summed E-state index contributed by atoms with van der Waals surface area (Å²) in [5.41, 5.74) is 0.690. The Kier molecular flexibility index (Phi) is 10.8. The fourth-order valence-electron chi connectivity index (χ4n) is 2.00. The molecule has 0 aliphatic carbocycles. The highest BCUT2D eigenvalue weighted by molar-refractivity contribution is 5.37. The maximum Gasteiger partial charge on any atom is 0.118 e. The molecule has 0 atom stereocenters. The lowest BCUT2D eigenvalue weighted by molar-refractivity contribution is 0.456. The normalized spacial score (nSPS) is 9.12. The summed E-state index contributed by atoms with van der Waals surface area (Å²) in [7, 11) is 0. The predicted octanol–water partition coefficient (Wildman–Crippen LogP) is 4.70. The average Bonchev–Trinajstić information content (AvgIpc) is 2.79. The Labute approximate surface area is 190 Å². The SMILES string of the molecule is Cc1cc(O)ccc1O.Oc1ccc(O)cc1.Oc1ccc(O)cc1.Oc1ccc(O)cc1. The van der Waals surface area contributed by atoms with Crippen LogP contribution in [0.3, 0.4) is 0 Å². The van der Waals surface area contributed by atoms with Gasteiger partial charge in [0.15, 0.2) is 0 Å². The van der Waals surface area contributed by atoms with Crippen LogP contribution in [-0.4, -0.2) is 40.9 Å². The minimum Gasteiger partial charge on any atom is -0.508 e. The van der Waals surface area contributed by atoms with Crippen molar-refractivity contribution in [2.45, 2.75) is 6.92 Å². The highest BCUT2D eigenvalue weighted by atomic mass is 16.3. The molecule has 0 spiro atoms. The number of phenols is 8. The molecule has 0 unspecified atom stereocenters. The largest absolute Gasteiger partial charge is 0.508 e. The van der Waals surface area contributed by atoms with Gasteiger partial charge in [0.25, 0.3) is 0 Å². The van der Waals surface area contributed by atoms with Crippen molar-refractivity contribution in [1.29, 1.82) is 0 Å². The van der Waals surface area contributed by atoms with Gasteiger partial charge in [-0.3, -0.25) is 0 Å². The van der Waals surface area contributed by atoms with Gasteiger partial charge in [0, 0.05) is 0 Å². The summed E-state index contributed by atoms with van der Waals surface area (Å²) < 4.78 is 0. The van der Waals surface area contributed by atoms with Crippen LogP contribution < -0.4 is 0 Å². The lowest BCUT2D eigenvalue weighted by atomic mass is 10.2. The maximum atomic E-state index is 8.93. The molecule has 4 aromatic carbocycles. The van der Waals surface area contributed by atoms with Crippen LogP contribution in [0.5, 0.6) is 46.0 Å². The number of rotatable bonds is 0.